The molecule has 3 aromatic carbocycles. The fourth-order valence-corrected chi connectivity index (χ4v) is 5.37. The lowest BCUT2D eigenvalue weighted by Gasteiger charge is -2.34. The Morgan fingerprint density at radius 1 is 1.05 bits per heavy atom. The number of ether oxygens (including phenoxy) is 1. The topological polar surface area (TPSA) is 58.2 Å². The van der Waals surface area contributed by atoms with Gasteiger partial charge in [-0.25, -0.2) is 4.98 Å². The third kappa shape index (κ3) is 5.22. The Morgan fingerprint density at radius 2 is 1.75 bits per heavy atom. The number of alkyl halides is 6. The first-order valence-electron chi connectivity index (χ1n) is 12.2. The second-order valence-electron chi connectivity index (χ2n) is 9.89. The molecule has 1 amide bonds. The number of nitrogens with zero attached hydrogens (tertiary/aromatic N) is 2. The zero-order valence-corrected chi connectivity index (χ0v) is 21.9. The molecular weight excluding hydrogens is 560 g/mol. The number of fused-ring (bicyclic) bond motifs is 1. The van der Waals surface area contributed by atoms with Crippen LogP contribution in [-0.2, 0) is 11.7 Å². The molecule has 0 spiro atoms. The lowest BCUT2D eigenvalue weighted by atomic mass is 9.94. The van der Waals surface area contributed by atoms with E-state index in [2.05, 4.69) is 14.7 Å². The highest BCUT2D eigenvalue weighted by Gasteiger charge is 2.44. The van der Waals surface area contributed by atoms with Gasteiger partial charge >= 0.3 is 12.5 Å². The maximum atomic E-state index is 14.0. The normalized spacial score (nSPS) is 18.0. The first kappa shape index (κ1) is 27.8. The van der Waals surface area contributed by atoms with Crippen molar-refractivity contribution in [3.63, 3.8) is 0 Å². The molecule has 1 atom stereocenters. The molecule has 210 valence electrons. The van der Waals surface area contributed by atoms with Crippen molar-refractivity contribution in [1.82, 2.24) is 14.9 Å². The number of amides is 1. The molecule has 1 unspecified atom stereocenters. The number of imidazole rings is 1. The molecule has 1 aliphatic rings. The van der Waals surface area contributed by atoms with Gasteiger partial charge in [0.15, 0.2) is 0 Å². The van der Waals surface area contributed by atoms with Gasteiger partial charge in [0.25, 0.3) is 5.91 Å². The van der Waals surface area contributed by atoms with Crippen molar-refractivity contribution in [1.29, 1.82) is 0 Å². The van der Waals surface area contributed by atoms with E-state index in [1.807, 2.05) is 6.92 Å². The van der Waals surface area contributed by atoms with Crippen LogP contribution < -0.4 is 4.74 Å². The number of aromatic amines is 1. The average molecular weight is 582 g/mol. The predicted octanol–water partition coefficient (Wildman–Crippen LogP) is 8.26. The number of carbonyl (C=O) groups is 1. The number of hydrogen-bond donors (Lipinski definition) is 1. The second kappa shape index (κ2) is 9.72. The fourth-order valence-electron chi connectivity index (χ4n) is 5.11. The summed E-state index contributed by atoms with van der Waals surface area (Å²) >= 11 is 5.88. The maximum absolute atomic E-state index is 14.0. The number of likely N-dealkylation sites (tertiary alicyclic amines) is 1. The van der Waals surface area contributed by atoms with Crippen LogP contribution in [0.15, 0.2) is 54.6 Å². The molecule has 1 fully saturated rings. The van der Waals surface area contributed by atoms with Gasteiger partial charge in [-0.05, 0) is 68.1 Å². The van der Waals surface area contributed by atoms with Gasteiger partial charge in [-0.15, -0.1) is 13.2 Å². The summed E-state index contributed by atoms with van der Waals surface area (Å²) < 4.78 is 81.9. The second-order valence-corrected chi connectivity index (χ2v) is 10.3. The Hall–Kier alpha value is -3.73. The van der Waals surface area contributed by atoms with Crippen LogP contribution in [0.25, 0.3) is 22.2 Å². The van der Waals surface area contributed by atoms with E-state index < -0.39 is 28.7 Å². The van der Waals surface area contributed by atoms with Gasteiger partial charge in [0.05, 0.1) is 27.2 Å². The van der Waals surface area contributed by atoms with Gasteiger partial charge < -0.3 is 14.6 Å². The summed E-state index contributed by atoms with van der Waals surface area (Å²) in [6.45, 7) is 3.97. The van der Waals surface area contributed by atoms with Crippen molar-refractivity contribution in [2.75, 3.05) is 6.54 Å². The SMILES string of the molecule is Cc1ccc(-c2ccc(OC(F)(F)F)cc2)c(C(=O)N2CCCC2(C)c2nc3cc(Cl)c(C(F)(F)F)cc3[nH]2)c1. The molecule has 4 aromatic rings. The third-order valence-corrected chi connectivity index (χ3v) is 7.39. The van der Waals surface area contributed by atoms with Crippen molar-refractivity contribution < 1.29 is 35.9 Å². The Bertz CT molecular complexity index is 1600. The predicted molar refractivity (Wildman–Crippen MR) is 137 cm³/mol. The summed E-state index contributed by atoms with van der Waals surface area (Å²) in [4.78, 5) is 23.1. The molecule has 40 heavy (non-hydrogen) atoms. The molecule has 0 radical (unpaired) electrons. The minimum atomic E-state index is -4.83. The number of halogens is 7. The van der Waals surface area contributed by atoms with Crippen LogP contribution in [0.2, 0.25) is 5.02 Å². The molecule has 1 aliphatic heterocycles. The van der Waals surface area contributed by atoms with Crippen LogP contribution in [0.3, 0.4) is 0 Å². The molecule has 2 heterocycles. The van der Waals surface area contributed by atoms with Crippen LogP contribution in [0.1, 0.15) is 47.1 Å². The molecule has 0 saturated carbocycles. The number of carbonyl (C=O) groups excluding carboxylic acids is 1. The largest absolute Gasteiger partial charge is 0.573 e. The summed E-state index contributed by atoms with van der Waals surface area (Å²) in [5.41, 5.74) is 0.575. The number of aromatic nitrogens is 2. The van der Waals surface area contributed by atoms with Gasteiger partial charge in [-0.2, -0.15) is 13.2 Å². The third-order valence-electron chi connectivity index (χ3n) is 7.08. The standard InChI is InChI=1S/C28H22ClF6N3O2/c1-15-4-9-18(16-5-7-17(8-6-16)40-28(33,34)35)19(12-15)24(39)38-11-3-10-26(38,2)25-36-22-13-20(27(30,31)32)21(29)14-23(22)37-25/h4-9,12-14H,3,10-11H2,1-2H3,(H,36,37). The first-order valence-corrected chi connectivity index (χ1v) is 12.6. The Kier molecular flexibility index (Phi) is 6.76. The Morgan fingerprint density at radius 3 is 2.40 bits per heavy atom. The minimum Gasteiger partial charge on any atom is -0.406 e. The Balaban J connectivity index is 1.52. The quantitative estimate of drug-likeness (QED) is 0.247. The highest BCUT2D eigenvalue weighted by molar-refractivity contribution is 6.32. The molecule has 1 saturated heterocycles. The highest BCUT2D eigenvalue weighted by atomic mass is 35.5. The van der Waals surface area contributed by atoms with Crippen molar-refractivity contribution in [2.24, 2.45) is 0 Å². The summed E-state index contributed by atoms with van der Waals surface area (Å²) in [7, 11) is 0. The van der Waals surface area contributed by atoms with E-state index >= 15 is 0 Å². The van der Waals surface area contributed by atoms with Crippen LogP contribution in [0.4, 0.5) is 26.3 Å². The lowest BCUT2D eigenvalue weighted by Crippen LogP contribution is -2.43. The smallest absolute Gasteiger partial charge is 0.406 e. The van der Waals surface area contributed by atoms with Gasteiger partial charge in [0.2, 0.25) is 0 Å². The van der Waals surface area contributed by atoms with E-state index in [1.165, 1.54) is 24.3 Å². The fraction of sp³-hybridized carbons (Fsp3) is 0.286. The number of nitrogens with one attached hydrogen (secondary N) is 1. The number of benzene rings is 3. The molecule has 1 N–H and O–H groups in total. The number of hydrogen-bond acceptors (Lipinski definition) is 3. The van der Waals surface area contributed by atoms with Gasteiger partial charge in [-0.1, -0.05) is 41.4 Å². The molecule has 12 heteroatoms. The Labute approximate surface area is 229 Å². The molecule has 5 nitrogen and oxygen atoms in total. The van der Waals surface area contributed by atoms with Crippen LogP contribution in [0.5, 0.6) is 5.75 Å². The summed E-state index contributed by atoms with van der Waals surface area (Å²) in [6, 6.07) is 12.5. The number of rotatable bonds is 4. The summed E-state index contributed by atoms with van der Waals surface area (Å²) in [5.74, 6) is -0.405. The highest BCUT2D eigenvalue weighted by Crippen LogP contribution is 2.42. The van der Waals surface area contributed by atoms with E-state index in [-0.39, 0.29) is 22.7 Å². The van der Waals surface area contributed by atoms with E-state index in [0.717, 1.165) is 17.7 Å². The zero-order chi connectivity index (χ0) is 29.0. The van der Waals surface area contributed by atoms with Gasteiger partial charge in [0.1, 0.15) is 11.6 Å². The van der Waals surface area contributed by atoms with Crippen molar-refractivity contribution in [2.45, 2.75) is 44.8 Å². The molecular formula is C28H22ClF6N3O2. The van der Waals surface area contributed by atoms with E-state index in [4.69, 9.17) is 11.6 Å². The monoisotopic (exact) mass is 581 g/mol. The van der Waals surface area contributed by atoms with Crippen molar-refractivity contribution >= 4 is 28.5 Å². The van der Waals surface area contributed by atoms with E-state index in [1.54, 1.807) is 30.0 Å². The van der Waals surface area contributed by atoms with Crippen LogP contribution >= 0.6 is 11.6 Å². The van der Waals surface area contributed by atoms with E-state index in [0.29, 0.717) is 41.9 Å². The first-order chi connectivity index (χ1) is 18.7. The molecule has 0 aliphatic carbocycles. The van der Waals surface area contributed by atoms with Crippen molar-refractivity contribution in [3.8, 4) is 16.9 Å². The van der Waals surface area contributed by atoms with Crippen LogP contribution in [-0.4, -0.2) is 33.7 Å². The van der Waals surface area contributed by atoms with E-state index in [9.17, 15) is 31.1 Å². The zero-order valence-electron chi connectivity index (χ0n) is 21.2. The van der Waals surface area contributed by atoms with Crippen LogP contribution in [0, 0.1) is 6.92 Å². The molecule has 0 bridgehead atoms. The van der Waals surface area contributed by atoms with Gasteiger partial charge in [-0.3, -0.25) is 4.79 Å². The number of H-pyrrole nitrogens is 1. The average Bonchev–Trinajstić information content (AvgIpc) is 3.46. The van der Waals surface area contributed by atoms with Gasteiger partial charge in [0, 0.05) is 12.1 Å². The molecule has 5 rings (SSSR count). The minimum absolute atomic E-state index is 0.143. The summed E-state index contributed by atoms with van der Waals surface area (Å²) in [6.07, 6.45) is -8.35. The summed E-state index contributed by atoms with van der Waals surface area (Å²) in [5, 5.41) is -0.474. The van der Waals surface area contributed by atoms with Crippen molar-refractivity contribution in [3.05, 3.63) is 82.1 Å². The number of aryl methyl sites for hydroxylation is 1. The molecule has 1 aromatic heterocycles. The lowest BCUT2D eigenvalue weighted by molar-refractivity contribution is -0.274. The maximum Gasteiger partial charge on any atom is 0.573 e.